The van der Waals surface area contributed by atoms with Gasteiger partial charge in [-0.3, -0.25) is 10.3 Å². The second kappa shape index (κ2) is 6.33. The Bertz CT molecular complexity index is 272. The van der Waals surface area contributed by atoms with Crippen molar-refractivity contribution < 1.29 is 14.7 Å². The maximum Gasteiger partial charge on any atom is 0.347 e. The summed E-state index contributed by atoms with van der Waals surface area (Å²) in [5, 5.41) is 10.8. The lowest BCUT2D eigenvalue weighted by molar-refractivity contribution is -0.153. The molecule has 106 valence electrons. The van der Waals surface area contributed by atoms with Crippen molar-refractivity contribution >= 4 is 6.03 Å². The molecular weight excluding hydrogens is 236 g/mol. The van der Waals surface area contributed by atoms with Crippen LogP contribution in [0.15, 0.2) is 0 Å². The van der Waals surface area contributed by atoms with Gasteiger partial charge in [-0.2, -0.15) is 0 Å². The van der Waals surface area contributed by atoms with Crippen LogP contribution in [0.1, 0.15) is 46.5 Å². The van der Waals surface area contributed by atoms with Crippen molar-refractivity contribution in [2.75, 3.05) is 0 Å². The number of carbonyl (C=O) groups is 1. The van der Waals surface area contributed by atoms with E-state index in [1.54, 1.807) is 0 Å². The first-order valence-corrected chi connectivity index (χ1v) is 6.25. The first-order chi connectivity index (χ1) is 8.33. The van der Waals surface area contributed by atoms with Crippen molar-refractivity contribution in [3.8, 4) is 0 Å². The molecule has 5 N–H and O–H groups in total. The maximum atomic E-state index is 11.7. The third-order valence-corrected chi connectivity index (χ3v) is 2.82. The Labute approximate surface area is 108 Å². The summed E-state index contributed by atoms with van der Waals surface area (Å²) in [4.78, 5) is 17.1. The zero-order valence-electron chi connectivity index (χ0n) is 11.3. The van der Waals surface area contributed by atoms with Gasteiger partial charge in [0.05, 0.1) is 17.7 Å². The zero-order valence-corrected chi connectivity index (χ0v) is 11.3. The molecule has 0 aromatic heterocycles. The molecule has 7 nitrogen and oxygen atoms in total. The number of nitrogens with zero attached hydrogens (tertiary/aromatic N) is 1. The topological polar surface area (TPSA) is 99.9 Å². The minimum Gasteiger partial charge on any atom is -0.393 e. The van der Waals surface area contributed by atoms with Crippen LogP contribution in [-0.2, 0) is 4.84 Å². The molecule has 0 radical (unpaired) electrons. The third kappa shape index (κ3) is 4.77. The van der Waals surface area contributed by atoms with E-state index in [4.69, 9.17) is 10.7 Å². The molecule has 2 amide bonds. The number of amides is 2. The van der Waals surface area contributed by atoms with E-state index in [-0.39, 0.29) is 12.1 Å². The molecule has 7 heteroatoms. The van der Waals surface area contributed by atoms with Gasteiger partial charge < -0.3 is 5.11 Å². The number of hydrogen-bond acceptors (Lipinski definition) is 5. The number of hydrogen-bond donors (Lipinski definition) is 4. The quantitative estimate of drug-likeness (QED) is 0.334. The number of urea groups is 1. The van der Waals surface area contributed by atoms with Gasteiger partial charge >= 0.3 is 6.03 Å². The molecule has 0 atom stereocenters. The van der Waals surface area contributed by atoms with Crippen molar-refractivity contribution in [1.29, 1.82) is 0 Å². The molecular formula is C11H24N4O3. The highest BCUT2D eigenvalue weighted by Gasteiger charge is 2.29. The molecule has 0 saturated heterocycles. The van der Waals surface area contributed by atoms with Gasteiger partial charge in [-0.1, -0.05) is 0 Å². The molecule has 0 aromatic carbocycles. The Morgan fingerprint density at radius 1 is 1.33 bits per heavy atom. The normalized spacial score (nSPS) is 24.7. The Hall–Kier alpha value is -0.890. The standard InChI is InChI=1S/C11H24N4O3/c1-11(2,3)18-14-15(10(17)13-12)8-4-6-9(16)7-5-8/h8-9,14,16H,4-7,12H2,1-3H3,(H,13,17). The monoisotopic (exact) mass is 260 g/mol. The smallest absolute Gasteiger partial charge is 0.347 e. The van der Waals surface area contributed by atoms with Crippen molar-refractivity contribution in [1.82, 2.24) is 16.0 Å². The first kappa shape index (κ1) is 15.2. The molecule has 1 aliphatic carbocycles. The fourth-order valence-corrected chi connectivity index (χ4v) is 1.85. The van der Waals surface area contributed by atoms with Crippen LogP contribution in [0, 0.1) is 0 Å². The first-order valence-electron chi connectivity index (χ1n) is 6.25. The predicted octanol–water partition coefficient (Wildman–Crippen LogP) is 0.410. The van der Waals surface area contributed by atoms with Crippen LogP contribution in [0.5, 0.6) is 0 Å². The van der Waals surface area contributed by atoms with E-state index in [0.717, 1.165) is 12.8 Å². The summed E-state index contributed by atoms with van der Waals surface area (Å²) in [5.41, 5.74) is 4.33. The molecule has 0 heterocycles. The van der Waals surface area contributed by atoms with Crippen molar-refractivity contribution in [3.05, 3.63) is 0 Å². The number of nitrogens with one attached hydrogen (secondary N) is 2. The summed E-state index contributed by atoms with van der Waals surface area (Å²) in [6.07, 6.45) is 2.52. The summed E-state index contributed by atoms with van der Waals surface area (Å²) >= 11 is 0. The summed E-state index contributed by atoms with van der Waals surface area (Å²) < 4.78 is 0. The van der Waals surface area contributed by atoms with Gasteiger partial charge in [0.25, 0.3) is 0 Å². The molecule has 0 spiro atoms. The minimum absolute atomic E-state index is 0.0284. The number of carbonyl (C=O) groups excluding carboxylic acids is 1. The number of aliphatic hydroxyl groups excluding tert-OH is 1. The molecule has 1 aliphatic rings. The van der Waals surface area contributed by atoms with E-state index in [9.17, 15) is 9.90 Å². The van der Waals surface area contributed by atoms with Gasteiger partial charge in [0.2, 0.25) is 0 Å². The second-order valence-corrected chi connectivity index (χ2v) is 5.59. The van der Waals surface area contributed by atoms with Gasteiger partial charge in [0.1, 0.15) is 0 Å². The van der Waals surface area contributed by atoms with E-state index in [0.29, 0.717) is 12.8 Å². The third-order valence-electron chi connectivity index (χ3n) is 2.82. The van der Waals surface area contributed by atoms with Crippen molar-refractivity contribution in [3.63, 3.8) is 0 Å². The molecule has 1 rings (SSSR count). The fraction of sp³-hybridized carbons (Fsp3) is 0.909. The minimum atomic E-state index is -0.444. The van der Waals surface area contributed by atoms with Crippen molar-refractivity contribution in [2.45, 2.75) is 64.2 Å². The Morgan fingerprint density at radius 2 is 1.89 bits per heavy atom. The van der Waals surface area contributed by atoms with E-state index in [1.165, 1.54) is 5.01 Å². The van der Waals surface area contributed by atoms with E-state index in [2.05, 4.69) is 11.0 Å². The van der Waals surface area contributed by atoms with E-state index < -0.39 is 11.6 Å². The summed E-state index contributed by atoms with van der Waals surface area (Å²) in [5.74, 6) is 5.16. The Morgan fingerprint density at radius 3 is 2.33 bits per heavy atom. The molecule has 0 bridgehead atoms. The Balaban J connectivity index is 2.58. The highest BCUT2D eigenvalue weighted by Crippen LogP contribution is 2.22. The van der Waals surface area contributed by atoms with E-state index in [1.807, 2.05) is 20.8 Å². The average Bonchev–Trinajstić information content (AvgIpc) is 2.29. The van der Waals surface area contributed by atoms with Crippen LogP contribution < -0.4 is 16.9 Å². The lowest BCUT2D eigenvalue weighted by Gasteiger charge is -2.36. The summed E-state index contributed by atoms with van der Waals surface area (Å²) in [6.45, 7) is 5.63. The second-order valence-electron chi connectivity index (χ2n) is 5.59. The largest absolute Gasteiger partial charge is 0.393 e. The lowest BCUT2D eigenvalue weighted by atomic mass is 9.93. The molecule has 0 aromatic rings. The molecule has 1 saturated carbocycles. The number of aliphatic hydroxyl groups is 1. The zero-order chi connectivity index (χ0) is 13.8. The van der Waals surface area contributed by atoms with E-state index >= 15 is 0 Å². The SMILES string of the molecule is CC(C)(C)ONN(C(=O)NN)C1CCC(O)CC1. The number of rotatable bonds is 3. The molecule has 18 heavy (non-hydrogen) atoms. The van der Waals surface area contributed by atoms with Crippen LogP contribution >= 0.6 is 0 Å². The Kier molecular flexibility index (Phi) is 5.33. The van der Waals surface area contributed by atoms with Crippen LogP contribution in [0.4, 0.5) is 4.79 Å². The lowest BCUT2D eigenvalue weighted by Crippen LogP contribution is -2.57. The van der Waals surface area contributed by atoms with Crippen LogP contribution in [0.2, 0.25) is 0 Å². The van der Waals surface area contributed by atoms with Gasteiger partial charge in [-0.25, -0.2) is 15.6 Å². The van der Waals surface area contributed by atoms with Gasteiger partial charge in [0.15, 0.2) is 0 Å². The average molecular weight is 260 g/mol. The summed E-state index contributed by atoms with van der Waals surface area (Å²) in [6, 6.07) is -0.472. The summed E-state index contributed by atoms with van der Waals surface area (Å²) in [7, 11) is 0. The van der Waals surface area contributed by atoms with Gasteiger partial charge in [-0.05, 0) is 46.5 Å². The van der Waals surface area contributed by atoms with Crippen LogP contribution in [0.25, 0.3) is 0 Å². The predicted molar refractivity (Wildman–Crippen MR) is 66.8 cm³/mol. The van der Waals surface area contributed by atoms with Crippen molar-refractivity contribution in [2.24, 2.45) is 5.84 Å². The maximum absolute atomic E-state index is 11.7. The fourth-order valence-electron chi connectivity index (χ4n) is 1.85. The number of hydrazine groups is 2. The molecule has 1 fully saturated rings. The van der Waals surface area contributed by atoms with Gasteiger partial charge in [-0.15, -0.1) is 5.59 Å². The molecule has 0 unspecified atom stereocenters. The van der Waals surface area contributed by atoms with Crippen LogP contribution in [0.3, 0.4) is 0 Å². The number of nitrogens with two attached hydrogens (primary N) is 1. The molecule has 0 aliphatic heterocycles. The highest BCUT2D eigenvalue weighted by molar-refractivity contribution is 5.73. The van der Waals surface area contributed by atoms with Gasteiger partial charge in [0, 0.05) is 0 Å². The van der Waals surface area contributed by atoms with Crippen LogP contribution in [-0.4, -0.2) is 33.9 Å². The highest BCUT2D eigenvalue weighted by atomic mass is 16.7.